The number of nitrogens with zero attached hydrogens (tertiary/aromatic N) is 2. The van der Waals surface area contributed by atoms with Gasteiger partial charge in [-0.3, -0.25) is 4.79 Å². The molecule has 2 amide bonds. The van der Waals surface area contributed by atoms with Crippen LogP contribution in [0.25, 0.3) is 10.4 Å². The summed E-state index contributed by atoms with van der Waals surface area (Å²) in [5.74, 6) is 0.236. The summed E-state index contributed by atoms with van der Waals surface area (Å²) in [5.41, 5.74) is 12.2. The number of carbonyl (C=O) groups excluding carboxylic acids is 1. The van der Waals surface area contributed by atoms with E-state index >= 15 is 0 Å². The van der Waals surface area contributed by atoms with Crippen molar-refractivity contribution in [1.29, 1.82) is 5.53 Å². The van der Waals surface area contributed by atoms with Gasteiger partial charge in [-0.15, -0.1) is 5.53 Å². The van der Waals surface area contributed by atoms with Crippen molar-refractivity contribution < 1.29 is 14.7 Å². The van der Waals surface area contributed by atoms with Crippen LogP contribution in [0.15, 0.2) is 0 Å². The Morgan fingerprint density at radius 1 is 1.53 bits per heavy atom. The summed E-state index contributed by atoms with van der Waals surface area (Å²) in [6.45, 7) is 0. The van der Waals surface area contributed by atoms with E-state index in [0.29, 0.717) is 5.25 Å². The van der Waals surface area contributed by atoms with Crippen molar-refractivity contribution in [2.24, 2.45) is 0 Å². The van der Waals surface area contributed by atoms with E-state index in [0.717, 1.165) is 25.0 Å². The Kier molecular flexibility index (Phi) is 6.31. The lowest BCUT2D eigenvalue weighted by Gasteiger charge is -2.16. The third-order valence-corrected chi connectivity index (χ3v) is 4.58. The molecule has 19 heavy (non-hydrogen) atoms. The summed E-state index contributed by atoms with van der Waals surface area (Å²) in [5, 5.41) is 14.8. The van der Waals surface area contributed by atoms with Gasteiger partial charge in [0.05, 0.1) is 12.1 Å². The van der Waals surface area contributed by atoms with Crippen LogP contribution in [0, 0.1) is 5.53 Å². The minimum atomic E-state index is -0.729. The smallest absolute Gasteiger partial charge is 0.315 e. The van der Waals surface area contributed by atoms with Crippen molar-refractivity contribution in [3.63, 3.8) is 0 Å². The van der Waals surface area contributed by atoms with Crippen LogP contribution in [-0.2, 0) is 4.79 Å². The fourth-order valence-corrected chi connectivity index (χ4v) is 3.81. The van der Waals surface area contributed by atoms with Gasteiger partial charge >= 0.3 is 12.0 Å². The number of rotatable bonds is 5. The summed E-state index contributed by atoms with van der Waals surface area (Å²) < 4.78 is 0. The Morgan fingerprint density at radius 2 is 2.21 bits per heavy atom. The van der Waals surface area contributed by atoms with Gasteiger partial charge in [-0.25, -0.2) is 4.79 Å². The lowest BCUT2D eigenvalue weighted by atomic mass is 10.0. The molecule has 0 bridgehead atoms. The van der Waals surface area contributed by atoms with E-state index in [1.165, 1.54) is 0 Å². The zero-order valence-electron chi connectivity index (χ0n) is 10.3. The Bertz CT molecular complexity index is 372. The lowest BCUT2D eigenvalue weighted by molar-refractivity contribution is -0.137. The fourth-order valence-electron chi connectivity index (χ4n) is 2.26. The maximum atomic E-state index is 11.1. The Labute approximate surface area is 114 Å². The van der Waals surface area contributed by atoms with Gasteiger partial charge in [0.1, 0.15) is 0 Å². The van der Waals surface area contributed by atoms with Crippen molar-refractivity contribution in [3.05, 3.63) is 10.4 Å². The molecule has 0 aromatic heterocycles. The average molecular weight is 287 g/mol. The van der Waals surface area contributed by atoms with E-state index in [9.17, 15) is 9.59 Å². The molecule has 2 saturated heterocycles. The minimum absolute atomic E-state index is 0.0640. The van der Waals surface area contributed by atoms with Crippen LogP contribution >= 0.6 is 11.8 Å². The van der Waals surface area contributed by atoms with Crippen LogP contribution in [-0.4, -0.2) is 40.2 Å². The van der Waals surface area contributed by atoms with E-state index in [2.05, 4.69) is 10.6 Å². The first-order valence-electron chi connectivity index (χ1n) is 5.99. The summed E-state index contributed by atoms with van der Waals surface area (Å²) in [6.07, 6.45) is 2.88. The molecular weight excluding hydrogens is 270 g/mol. The molecule has 0 aliphatic carbocycles. The third-order valence-electron chi connectivity index (χ3n) is 3.07. The SMILES string of the molecule is O=C(O)CCCC[C@@H]1SC[C@@H]2NC(=O)N[C@@H]21.[N-]=[N+]=N. The molecular formula is C10H17N5O3S. The molecule has 4 N–H and O–H groups in total. The number of carboxylic acid groups (broad SMARTS) is 1. The van der Waals surface area contributed by atoms with E-state index in [1.54, 1.807) is 4.91 Å². The molecule has 0 unspecified atom stereocenters. The Morgan fingerprint density at radius 3 is 2.84 bits per heavy atom. The largest absolute Gasteiger partial charge is 0.481 e. The molecule has 0 aromatic carbocycles. The van der Waals surface area contributed by atoms with Gasteiger partial charge in [-0.1, -0.05) is 6.42 Å². The standard InChI is InChI=1S/C10H16N2O3S.HN3/c13-8(14)4-2-1-3-7-9-6(5-16-7)11-10(15)12-9;1-3-2/h6-7,9H,1-5H2,(H,13,14)(H2,11,12,15);1H/t6-,7-,9-;/m0./s1. The number of hydrogen-bond acceptors (Lipinski definition) is 4. The number of fused-ring (bicyclic) bond motifs is 1. The van der Waals surface area contributed by atoms with E-state index < -0.39 is 5.97 Å². The topological polar surface area (TPSA) is 139 Å². The first-order valence-corrected chi connectivity index (χ1v) is 7.04. The predicted octanol–water partition coefficient (Wildman–Crippen LogP) is 1.67. The van der Waals surface area contributed by atoms with Crippen LogP contribution in [0.4, 0.5) is 4.79 Å². The van der Waals surface area contributed by atoms with E-state index in [1.807, 2.05) is 11.8 Å². The number of thioether (sulfide) groups is 1. The molecule has 0 aromatic rings. The van der Waals surface area contributed by atoms with Crippen LogP contribution < -0.4 is 10.6 Å². The van der Waals surface area contributed by atoms with Crippen LogP contribution in [0.2, 0.25) is 0 Å². The van der Waals surface area contributed by atoms with Crippen LogP contribution in [0.3, 0.4) is 0 Å². The zero-order valence-corrected chi connectivity index (χ0v) is 11.2. The average Bonchev–Trinajstić information content (AvgIpc) is 2.85. The number of amides is 2. The van der Waals surface area contributed by atoms with E-state index in [4.69, 9.17) is 16.2 Å². The van der Waals surface area contributed by atoms with Gasteiger partial charge in [0.25, 0.3) is 0 Å². The number of hydrogen-bond donors (Lipinski definition) is 4. The molecule has 8 nitrogen and oxygen atoms in total. The molecule has 106 valence electrons. The summed E-state index contributed by atoms with van der Waals surface area (Å²) in [4.78, 5) is 23.2. The monoisotopic (exact) mass is 287 g/mol. The second kappa shape index (κ2) is 7.75. The molecule has 2 rings (SSSR count). The van der Waals surface area contributed by atoms with Gasteiger partial charge < -0.3 is 15.7 Å². The third kappa shape index (κ3) is 4.88. The van der Waals surface area contributed by atoms with Gasteiger partial charge in [-0.2, -0.15) is 11.8 Å². The number of urea groups is 1. The highest BCUT2D eigenvalue weighted by Gasteiger charge is 2.42. The zero-order chi connectivity index (χ0) is 14.3. The van der Waals surface area contributed by atoms with E-state index in [-0.39, 0.29) is 24.5 Å². The summed E-state index contributed by atoms with van der Waals surface area (Å²) >= 11 is 1.87. The van der Waals surface area contributed by atoms with Gasteiger partial charge in [0.15, 0.2) is 0 Å². The quantitative estimate of drug-likeness (QED) is 0.201. The maximum absolute atomic E-state index is 11.1. The van der Waals surface area contributed by atoms with Crippen molar-refractivity contribution in [2.75, 3.05) is 5.75 Å². The molecule has 9 heteroatoms. The highest BCUT2D eigenvalue weighted by molar-refractivity contribution is 8.00. The van der Waals surface area contributed by atoms with Gasteiger partial charge in [0, 0.05) is 17.4 Å². The molecule has 0 saturated carbocycles. The van der Waals surface area contributed by atoms with Crippen LogP contribution in [0.5, 0.6) is 0 Å². The molecule has 2 fully saturated rings. The predicted molar refractivity (Wildman–Crippen MR) is 71.0 cm³/mol. The number of nitrogens with one attached hydrogen (secondary N) is 3. The number of aliphatic carboxylic acids is 1. The molecule has 0 radical (unpaired) electrons. The Balaban J connectivity index is 0.000000550. The van der Waals surface area contributed by atoms with Crippen molar-refractivity contribution in [3.8, 4) is 0 Å². The van der Waals surface area contributed by atoms with Gasteiger partial charge in [-0.05, 0) is 23.3 Å². The number of carbonyl (C=O) groups is 2. The van der Waals surface area contributed by atoms with Crippen molar-refractivity contribution >= 4 is 23.8 Å². The molecule has 3 atom stereocenters. The maximum Gasteiger partial charge on any atom is 0.315 e. The summed E-state index contributed by atoms with van der Waals surface area (Å²) in [7, 11) is 0. The highest BCUT2D eigenvalue weighted by Crippen LogP contribution is 2.33. The summed E-state index contributed by atoms with van der Waals surface area (Å²) in [6, 6.07) is 0.440. The first kappa shape index (κ1) is 15.5. The molecule has 2 heterocycles. The first-order chi connectivity index (χ1) is 9.08. The highest BCUT2D eigenvalue weighted by atomic mass is 32.2. The van der Waals surface area contributed by atoms with Gasteiger partial charge in [0.2, 0.25) is 0 Å². The molecule has 2 aliphatic heterocycles. The minimum Gasteiger partial charge on any atom is -0.481 e. The Hall–Kier alpha value is -1.60. The molecule has 0 spiro atoms. The number of unbranched alkanes of at least 4 members (excludes halogenated alkanes) is 1. The van der Waals surface area contributed by atoms with Crippen molar-refractivity contribution in [1.82, 2.24) is 10.6 Å². The number of carboxylic acids is 1. The second-order valence-corrected chi connectivity index (χ2v) is 5.63. The molecule has 2 aliphatic rings. The van der Waals surface area contributed by atoms with Crippen molar-refractivity contribution in [2.45, 2.75) is 43.0 Å². The van der Waals surface area contributed by atoms with Crippen LogP contribution in [0.1, 0.15) is 25.7 Å². The fraction of sp³-hybridized carbons (Fsp3) is 0.800. The second-order valence-electron chi connectivity index (χ2n) is 4.36. The lowest BCUT2D eigenvalue weighted by Crippen LogP contribution is -2.36. The normalized spacial score (nSPS) is 27.4.